The summed E-state index contributed by atoms with van der Waals surface area (Å²) < 4.78 is 0. The SMILES string of the molecule is Cl.O=C1NC(c2ccccc2)N(CCN2CCN(c3ccccc3)CC2)c2ccccc21. The lowest BCUT2D eigenvalue weighted by molar-refractivity contribution is 0.0925. The summed E-state index contributed by atoms with van der Waals surface area (Å²) in [7, 11) is 0. The monoisotopic (exact) mass is 448 g/mol. The van der Waals surface area contributed by atoms with Gasteiger partial charge in [-0.25, -0.2) is 0 Å². The minimum absolute atomic E-state index is 0. The van der Waals surface area contributed by atoms with Crippen molar-refractivity contribution in [2.24, 2.45) is 0 Å². The molecule has 1 N–H and O–H groups in total. The highest BCUT2D eigenvalue weighted by Gasteiger charge is 2.31. The lowest BCUT2D eigenvalue weighted by atomic mass is 10.0. The van der Waals surface area contributed by atoms with Gasteiger partial charge in [-0.3, -0.25) is 9.69 Å². The molecule has 2 aliphatic rings. The summed E-state index contributed by atoms with van der Waals surface area (Å²) in [6, 6.07) is 28.8. The molecule has 3 aromatic carbocycles. The molecule has 0 saturated carbocycles. The van der Waals surface area contributed by atoms with E-state index in [4.69, 9.17) is 0 Å². The number of anilines is 2. The first-order chi connectivity index (χ1) is 15.3. The Balaban J connectivity index is 0.00000245. The highest BCUT2D eigenvalue weighted by Crippen LogP contribution is 2.32. The number of halogens is 1. The van der Waals surface area contributed by atoms with Gasteiger partial charge in [0.2, 0.25) is 0 Å². The number of benzene rings is 3. The summed E-state index contributed by atoms with van der Waals surface area (Å²) in [6.45, 7) is 6.01. The smallest absolute Gasteiger partial charge is 0.255 e. The predicted octanol–water partition coefficient (Wildman–Crippen LogP) is 4.18. The van der Waals surface area contributed by atoms with E-state index < -0.39 is 0 Å². The van der Waals surface area contributed by atoms with Crippen LogP contribution in [0, 0.1) is 0 Å². The van der Waals surface area contributed by atoms with Gasteiger partial charge in [-0.05, 0) is 29.8 Å². The third-order valence-corrected chi connectivity index (χ3v) is 6.30. The van der Waals surface area contributed by atoms with Crippen molar-refractivity contribution < 1.29 is 4.79 Å². The Morgan fingerprint density at radius 1 is 0.750 bits per heavy atom. The maximum absolute atomic E-state index is 12.7. The van der Waals surface area contributed by atoms with Gasteiger partial charge in [-0.1, -0.05) is 60.7 Å². The summed E-state index contributed by atoms with van der Waals surface area (Å²) in [5, 5.41) is 3.22. The van der Waals surface area contributed by atoms with Gasteiger partial charge in [-0.2, -0.15) is 0 Å². The number of carbonyl (C=O) groups excluding carboxylic acids is 1. The second-order valence-corrected chi connectivity index (χ2v) is 8.16. The van der Waals surface area contributed by atoms with Crippen molar-refractivity contribution in [1.29, 1.82) is 0 Å². The van der Waals surface area contributed by atoms with Crippen molar-refractivity contribution in [2.45, 2.75) is 6.17 Å². The van der Waals surface area contributed by atoms with E-state index in [1.54, 1.807) is 0 Å². The molecule has 2 aliphatic heterocycles. The first kappa shape index (κ1) is 22.2. The average molecular weight is 449 g/mol. The van der Waals surface area contributed by atoms with Crippen LogP contribution in [0.4, 0.5) is 11.4 Å². The van der Waals surface area contributed by atoms with Gasteiger partial charge in [0.05, 0.1) is 11.3 Å². The molecule has 1 unspecified atom stereocenters. The molecule has 0 bridgehead atoms. The summed E-state index contributed by atoms with van der Waals surface area (Å²) in [4.78, 5) is 20.1. The summed E-state index contributed by atoms with van der Waals surface area (Å²) in [5.74, 6) is -0.00261. The number of piperazine rings is 1. The minimum Gasteiger partial charge on any atom is -0.369 e. The largest absolute Gasteiger partial charge is 0.369 e. The molecule has 166 valence electrons. The third-order valence-electron chi connectivity index (χ3n) is 6.30. The number of nitrogens with zero attached hydrogens (tertiary/aromatic N) is 3. The fraction of sp³-hybridized carbons (Fsp3) is 0.269. The number of amides is 1. The predicted molar refractivity (Wildman–Crippen MR) is 133 cm³/mol. The topological polar surface area (TPSA) is 38.8 Å². The molecule has 6 heteroatoms. The molecule has 1 amide bonds. The van der Waals surface area contributed by atoms with Crippen LogP contribution in [0.5, 0.6) is 0 Å². The Kier molecular flexibility index (Phi) is 6.98. The van der Waals surface area contributed by atoms with Crippen LogP contribution in [0.25, 0.3) is 0 Å². The summed E-state index contributed by atoms with van der Waals surface area (Å²) >= 11 is 0. The van der Waals surface area contributed by atoms with Crippen molar-refractivity contribution >= 4 is 29.7 Å². The molecule has 1 saturated heterocycles. The quantitative estimate of drug-likeness (QED) is 0.635. The zero-order valence-electron chi connectivity index (χ0n) is 18.1. The fourth-order valence-corrected chi connectivity index (χ4v) is 4.60. The Hall–Kier alpha value is -3.02. The molecule has 1 fully saturated rings. The molecule has 3 aromatic rings. The number of fused-ring (bicyclic) bond motifs is 1. The van der Waals surface area contributed by atoms with Gasteiger partial charge in [0.15, 0.2) is 0 Å². The third kappa shape index (κ3) is 4.59. The van der Waals surface area contributed by atoms with E-state index in [0.29, 0.717) is 0 Å². The van der Waals surface area contributed by atoms with Gasteiger partial charge in [-0.15, -0.1) is 12.4 Å². The highest BCUT2D eigenvalue weighted by molar-refractivity contribution is 6.02. The second-order valence-electron chi connectivity index (χ2n) is 8.16. The fourth-order valence-electron chi connectivity index (χ4n) is 4.60. The van der Waals surface area contributed by atoms with Crippen LogP contribution < -0.4 is 15.1 Å². The first-order valence-electron chi connectivity index (χ1n) is 11.0. The molecular formula is C26H29ClN4O. The molecule has 32 heavy (non-hydrogen) atoms. The van der Waals surface area contributed by atoms with Crippen LogP contribution in [0.1, 0.15) is 22.1 Å². The van der Waals surface area contributed by atoms with Crippen molar-refractivity contribution in [3.8, 4) is 0 Å². The van der Waals surface area contributed by atoms with E-state index in [2.05, 4.69) is 68.5 Å². The van der Waals surface area contributed by atoms with Gasteiger partial charge < -0.3 is 15.1 Å². The van der Waals surface area contributed by atoms with Crippen molar-refractivity contribution in [2.75, 3.05) is 49.1 Å². The van der Waals surface area contributed by atoms with Crippen molar-refractivity contribution in [1.82, 2.24) is 10.2 Å². The van der Waals surface area contributed by atoms with E-state index in [-0.39, 0.29) is 24.5 Å². The van der Waals surface area contributed by atoms with Crippen LogP contribution >= 0.6 is 12.4 Å². The number of carbonyl (C=O) groups is 1. The average Bonchev–Trinajstić information content (AvgIpc) is 2.85. The van der Waals surface area contributed by atoms with Crippen molar-refractivity contribution in [3.63, 3.8) is 0 Å². The Morgan fingerprint density at radius 2 is 1.38 bits per heavy atom. The lowest BCUT2D eigenvalue weighted by Gasteiger charge is -2.41. The lowest BCUT2D eigenvalue weighted by Crippen LogP contribution is -2.52. The number of nitrogens with one attached hydrogen (secondary N) is 1. The Bertz CT molecular complexity index is 1020. The first-order valence-corrected chi connectivity index (χ1v) is 11.0. The molecule has 0 radical (unpaired) electrons. The molecule has 0 aromatic heterocycles. The Morgan fingerprint density at radius 3 is 2.09 bits per heavy atom. The number of para-hydroxylation sites is 2. The van der Waals surface area contributed by atoms with Crippen molar-refractivity contribution in [3.05, 3.63) is 96.1 Å². The molecule has 1 atom stereocenters. The number of rotatable bonds is 5. The molecule has 5 nitrogen and oxygen atoms in total. The zero-order chi connectivity index (χ0) is 21.0. The molecule has 0 aliphatic carbocycles. The summed E-state index contributed by atoms with van der Waals surface area (Å²) in [6.07, 6.45) is -0.144. The normalized spacial score (nSPS) is 18.5. The molecular weight excluding hydrogens is 420 g/mol. The van der Waals surface area contributed by atoms with Gasteiger partial charge >= 0.3 is 0 Å². The minimum atomic E-state index is -0.144. The summed E-state index contributed by atoms with van der Waals surface area (Å²) in [5.41, 5.74) is 4.19. The maximum atomic E-state index is 12.7. The second kappa shape index (κ2) is 10.1. The van der Waals surface area contributed by atoms with E-state index in [9.17, 15) is 4.79 Å². The molecule has 2 heterocycles. The van der Waals surface area contributed by atoms with E-state index in [1.807, 2.05) is 36.4 Å². The maximum Gasteiger partial charge on any atom is 0.255 e. The van der Waals surface area contributed by atoms with Crippen LogP contribution in [0.3, 0.4) is 0 Å². The molecule has 5 rings (SSSR count). The van der Waals surface area contributed by atoms with Crippen LogP contribution in [0.2, 0.25) is 0 Å². The zero-order valence-corrected chi connectivity index (χ0v) is 18.9. The standard InChI is InChI=1S/C26H28N4O.ClH/c31-26-23-13-7-8-14-24(23)30(25(27-26)21-9-3-1-4-10-21)20-17-28-15-18-29(19-16-28)22-11-5-2-6-12-22;/h1-14,25H,15-20H2,(H,27,31);1H. The van der Waals surface area contributed by atoms with E-state index in [1.165, 1.54) is 5.69 Å². The Labute approximate surface area is 196 Å². The van der Waals surface area contributed by atoms with Crippen LogP contribution in [-0.4, -0.2) is 50.1 Å². The van der Waals surface area contributed by atoms with Gasteiger partial charge in [0, 0.05) is 45.0 Å². The number of hydrogen-bond donors (Lipinski definition) is 1. The van der Waals surface area contributed by atoms with E-state index in [0.717, 1.165) is 56.1 Å². The van der Waals surface area contributed by atoms with Crippen LogP contribution in [0.15, 0.2) is 84.9 Å². The van der Waals surface area contributed by atoms with Gasteiger partial charge in [0.1, 0.15) is 6.17 Å². The van der Waals surface area contributed by atoms with Gasteiger partial charge in [0.25, 0.3) is 5.91 Å². The number of hydrogen-bond acceptors (Lipinski definition) is 4. The van der Waals surface area contributed by atoms with Crippen LogP contribution in [-0.2, 0) is 0 Å². The molecule has 0 spiro atoms. The highest BCUT2D eigenvalue weighted by atomic mass is 35.5. The van der Waals surface area contributed by atoms with E-state index >= 15 is 0 Å².